The number of nitrogens with zero attached hydrogens (tertiary/aromatic N) is 1. The Hall–Kier alpha value is -0.980. The van der Waals surface area contributed by atoms with Crippen molar-refractivity contribution in [1.29, 1.82) is 0 Å². The number of halogens is 1. The summed E-state index contributed by atoms with van der Waals surface area (Å²) < 4.78 is 5.68. The fourth-order valence-electron chi connectivity index (χ4n) is 1.29. The average molecular weight is 303 g/mol. The molecular formula is C11H15BrN2O3. The molecule has 1 aliphatic heterocycles. The molecule has 0 spiro atoms. The lowest BCUT2D eigenvalue weighted by molar-refractivity contribution is -0.670. The SMILES string of the molecule is C1COCC[NH2+]1.Cc1ncc(Br)cc1C(=O)[O-]. The molecule has 2 N–H and O–H groups in total. The van der Waals surface area contributed by atoms with Crippen molar-refractivity contribution in [3.05, 3.63) is 28.0 Å². The average Bonchev–Trinajstić information content (AvgIpc) is 2.35. The Balaban J connectivity index is 0.000000202. The van der Waals surface area contributed by atoms with Crippen LogP contribution >= 0.6 is 15.9 Å². The molecule has 1 aliphatic rings. The van der Waals surface area contributed by atoms with Crippen molar-refractivity contribution >= 4 is 21.9 Å². The van der Waals surface area contributed by atoms with Gasteiger partial charge in [-0.05, 0) is 28.9 Å². The first kappa shape index (κ1) is 14.1. The largest absolute Gasteiger partial charge is 0.545 e. The number of aryl methyl sites for hydroxylation is 1. The summed E-state index contributed by atoms with van der Waals surface area (Å²) in [4.78, 5) is 14.2. The Labute approximate surface area is 108 Å². The van der Waals surface area contributed by atoms with Gasteiger partial charge in [-0.1, -0.05) is 0 Å². The number of carbonyl (C=O) groups excluding carboxylic acids is 1. The Morgan fingerprint density at radius 1 is 1.53 bits per heavy atom. The molecule has 6 heteroatoms. The van der Waals surface area contributed by atoms with Crippen molar-refractivity contribution < 1.29 is 20.0 Å². The summed E-state index contributed by atoms with van der Waals surface area (Å²) in [5.74, 6) is -1.20. The minimum absolute atomic E-state index is 0.124. The smallest absolute Gasteiger partial charge is 0.0993 e. The summed E-state index contributed by atoms with van der Waals surface area (Å²) in [6.45, 7) is 5.82. The second-order valence-electron chi connectivity index (χ2n) is 3.55. The molecule has 0 amide bonds. The van der Waals surface area contributed by atoms with E-state index in [1.165, 1.54) is 6.07 Å². The molecule has 94 valence electrons. The highest BCUT2D eigenvalue weighted by atomic mass is 79.9. The van der Waals surface area contributed by atoms with E-state index in [0.717, 1.165) is 26.3 Å². The number of carboxylic acids is 1. The standard InChI is InChI=1S/C7H6BrNO2.C4H9NO/c1-4-6(7(10)11)2-5(8)3-9-4;1-3-6-4-2-5-1/h2-3H,1H3,(H,10,11);5H,1-4H2. The van der Waals surface area contributed by atoms with Gasteiger partial charge in [0.25, 0.3) is 0 Å². The minimum atomic E-state index is -1.20. The normalized spacial score (nSPS) is 14.7. The zero-order valence-corrected chi connectivity index (χ0v) is 11.2. The van der Waals surface area contributed by atoms with Crippen LogP contribution in [0.3, 0.4) is 0 Å². The quantitative estimate of drug-likeness (QED) is 0.729. The molecule has 5 nitrogen and oxygen atoms in total. The lowest BCUT2D eigenvalue weighted by Gasteiger charge is -2.07. The number of nitrogens with two attached hydrogens (primary N) is 1. The van der Waals surface area contributed by atoms with E-state index in [0.29, 0.717) is 10.2 Å². The number of aromatic carboxylic acids is 1. The second-order valence-corrected chi connectivity index (χ2v) is 4.47. The van der Waals surface area contributed by atoms with Gasteiger partial charge in [0.15, 0.2) is 0 Å². The third-order valence-corrected chi connectivity index (χ3v) is 2.64. The van der Waals surface area contributed by atoms with E-state index >= 15 is 0 Å². The fraction of sp³-hybridized carbons (Fsp3) is 0.455. The predicted molar refractivity (Wildman–Crippen MR) is 63.5 cm³/mol. The maximum atomic E-state index is 10.4. The van der Waals surface area contributed by atoms with E-state index in [2.05, 4.69) is 26.2 Å². The Kier molecular flexibility index (Phi) is 6.10. The monoisotopic (exact) mass is 302 g/mol. The number of carboxylic acid groups (broad SMARTS) is 1. The third-order valence-electron chi connectivity index (χ3n) is 2.21. The van der Waals surface area contributed by atoms with E-state index in [4.69, 9.17) is 4.74 Å². The molecule has 1 aromatic heterocycles. The van der Waals surface area contributed by atoms with Crippen LogP contribution < -0.4 is 10.4 Å². The van der Waals surface area contributed by atoms with E-state index in [1.54, 1.807) is 13.1 Å². The number of carbonyl (C=O) groups is 1. The fourth-order valence-corrected chi connectivity index (χ4v) is 1.63. The molecule has 0 unspecified atom stereocenters. The van der Waals surface area contributed by atoms with E-state index in [1.807, 2.05) is 0 Å². The van der Waals surface area contributed by atoms with Crippen LogP contribution in [0.4, 0.5) is 0 Å². The van der Waals surface area contributed by atoms with Crippen molar-refractivity contribution in [2.75, 3.05) is 26.3 Å². The van der Waals surface area contributed by atoms with Gasteiger partial charge in [-0.15, -0.1) is 0 Å². The molecule has 1 fully saturated rings. The van der Waals surface area contributed by atoms with Crippen LogP contribution in [0.1, 0.15) is 16.1 Å². The number of morpholine rings is 1. The van der Waals surface area contributed by atoms with Crippen LogP contribution in [0.25, 0.3) is 0 Å². The maximum absolute atomic E-state index is 10.4. The third kappa shape index (κ3) is 5.25. The molecule has 2 rings (SSSR count). The Bertz CT molecular complexity index is 369. The lowest BCUT2D eigenvalue weighted by atomic mass is 10.2. The van der Waals surface area contributed by atoms with Crippen molar-refractivity contribution in [3.63, 3.8) is 0 Å². The Morgan fingerprint density at radius 2 is 2.18 bits per heavy atom. The van der Waals surface area contributed by atoms with Gasteiger partial charge in [0, 0.05) is 21.9 Å². The molecule has 0 bridgehead atoms. The number of rotatable bonds is 1. The molecule has 0 radical (unpaired) electrons. The van der Waals surface area contributed by atoms with Gasteiger partial charge in [0.05, 0.1) is 32.3 Å². The molecule has 0 aromatic carbocycles. The van der Waals surface area contributed by atoms with Crippen LogP contribution in [-0.4, -0.2) is 37.3 Å². The van der Waals surface area contributed by atoms with Gasteiger partial charge < -0.3 is 20.0 Å². The molecule has 2 heterocycles. The number of quaternary nitrogens is 1. The molecule has 0 atom stereocenters. The number of hydrogen-bond acceptors (Lipinski definition) is 4. The van der Waals surface area contributed by atoms with E-state index in [9.17, 15) is 9.90 Å². The molecule has 17 heavy (non-hydrogen) atoms. The van der Waals surface area contributed by atoms with Gasteiger partial charge in [-0.3, -0.25) is 4.98 Å². The molecule has 0 aliphatic carbocycles. The van der Waals surface area contributed by atoms with Crippen molar-refractivity contribution in [1.82, 2.24) is 4.98 Å². The number of pyridine rings is 1. The highest BCUT2D eigenvalue weighted by Crippen LogP contribution is 2.12. The summed E-state index contributed by atoms with van der Waals surface area (Å²) in [6, 6.07) is 1.47. The summed E-state index contributed by atoms with van der Waals surface area (Å²) in [7, 11) is 0. The van der Waals surface area contributed by atoms with Gasteiger partial charge in [0.2, 0.25) is 0 Å². The van der Waals surface area contributed by atoms with Crippen LogP contribution in [0.2, 0.25) is 0 Å². The number of aromatic nitrogens is 1. The number of ether oxygens (including phenoxy) is 1. The summed E-state index contributed by atoms with van der Waals surface area (Å²) >= 11 is 3.11. The van der Waals surface area contributed by atoms with Crippen LogP contribution in [0.5, 0.6) is 0 Å². The van der Waals surface area contributed by atoms with E-state index < -0.39 is 5.97 Å². The molecular weight excluding hydrogens is 288 g/mol. The van der Waals surface area contributed by atoms with Crippen molar-refractivity contribution in [3.8, 4) is 0 Å². The first-order valence-electron chi connectivity index (χ1n) is 5.34. The highest BCUT2D eigenvalue weighted by Gasteiger charge is 2.00. The minimum Gasteiger partial charge on any atom is -0.545 e. The highest BCUT2D eigenvalue weighted by molar-refractivity contribution is 9.10. The predicted octanol–water partition coefficient (Wildman–Crippen LogP) is -0.904. The van der Waals surface area contributed by atoms with Gasteiger partial charge >= 0.3 is 0 Å². The van der Waals surface area contributed by atoms with Crippen LogP contribution in [0.15, 0.2) is 16.7 Å². The lowest BCUT2D eigenvalue weighted by Crippen LogP contribution is -2.87. The Morgan fingerprint density at radius 3 is 2.53 bits per heavy atom. The molecule has 0 saturated carbocycles. The van der Waals surface area contributed by atoms with E-state index in [-0.39, 0.29) is 5.56 Å². The van der Waals surface area contributed by atoms with Crippen molar-refractivity contribution in [2.45, 2.75) is 6.92 Å². The maximum Gasteiger partial charge on any atom is 0.0993 e. The zero-order valence-electron chi connectivity index (χ0n) is 9.61. The second kappa shape index (κ2) is 7.37. The summed E-state index contributed by atoms with van der Waals surface area (Å²) in [6.07, 6.45) is 1.54. The van der Waals surface area contributed by atoms with Gasteiger partial charge in [-0.2, -0.15) is 0 Å². The summed E-state index contributed by atoms with van der Waals surface area (Å²) in [5, 5.41) is 12.7. The molecule has 1 aromatic rings. The number of hydrogen-bond donors (Lipinski definition) is 1. The first-order valence-corrected chi connectivity index (χ1v) is 6.13. The first-order chi connectivity index (χ1) is 8.11. The summed E-state index contributed by atoms with van der Waals surface area (Å²) in [5.41, 5.74) is 0.590. The topological polar surface area (TPSA) is 78.9 Å². The molecule has 1 saturated heterocycles. The zero-order chi connectivity index (χ0) is 12.7. The van der Waals surface area contributed by atoms with Crippen LogP contribution in [-0.2, 0) is 4.74 Å². The van der Waals surface area contributed by atoms with Gasteiger partial charge in [0.1, 0.15) is 0 Å². The van der Waals surface area contributed by atoms with Crippen molar-refractivity contribution in [2.24, 2.45) is 0 Å². The van der Waals surface area contributed by atoms with Crippen LogP contribution in [0, 0.1) is 6.92 Å². The van der Waals surface area contributed by atoms with Gasteiger partial charge in [-0.25, -0.2) is 0 Å².